The van der Waals surface area contributed by atoms with Crippen LogP contribution in [0.15, 0.2) is 11.6 Å². The first-order chi connectivity index (χ1) is 21.8. The van der Waals surface area contributed by atoms with Gasteiger partial charge in [0.1, 0.15) is 6.04 Å². The molecule has 0 aromatic carbocycles. The highest BCUT2D eigenvalue weighted by molar-refractivity contribution is 5.73. The molecule has 5 aliphatic rings. The average Bonchev–Trinajstić information content (AvgIpc) is 3.42. The van der Waals surface area contributed by atoms with Gasteiger partial charge in [-0.05, 0) is 96.5 Å². The quantitative estimate of drug-likeness (QED) is 0.281. The van der Waals surface area contributed by atoms with E-state index in [0.717, 1.165) is 38.5 Å². The number of hydrogen-bond acceptors (Lipinski definition) is 8. The molecule has 47 heavy (non-hydrogen) atoms. The van der Waals surface area contributed by atoms with Gasteiger partial charge in [-0.2, -0.15) is 4.80 Å². The molecular weight excluding hydrogens is 592 g/mol. The van der Waals surface area contributed by atoms with E-state index in [-0.39, 0.29) is 57.0 Å². The summed E-state index contributed by atoms with van der Waals surface area (Å²) in [7, 11) is 0. The fourth-order valence-electron chi connectivity index (χ4n) is 11.9. The van der Waals surface area contributed by atoms with E-state index in [2.05, 4.69) is 90.7 Å². The Hall–Kier alpha value is -2.04. The van der Waals surface area contributed by atoms with Gasteiger partial charge in [-0.3, -0.25) is 4.79 Å². The molecule has 12 atom stereocenters. The Morgan fingerprint density at radius 2 is 1.83 bits per heavy atom. The fourth-order valence-corrected chi connectivity index (χ4v) is 11.9. The van der Waals surface area contributed by atoms with Gasteiger partial charge < -0.3 is 26.0 Å². The van der Waals surface area contributed by atoms with E-state index in [1.807, 2.05) is 0 Å². The second kappa shape index (κ2) is 11.2. The third-order valence-electron chi connectivity index (χ3n) is 15.7. The lowest BCUT2D eigenvalue weighted by atomic mass is 9.34. The van der Waals surface area contributed by atoms with Gasteiger partial charge in [0.15, 0.2) is 0 Å². The highest BCUT2D eigenvalue weighted by Crippen LogP contribution is 2.75. The summed E-state index contributed by atoms with van der Waals surface area (Å²) in [6, 6.07) is -0.193. The van der Waals surface area contributed by atoms with Crippen molar-refractivity contribution in [3.8, 4) is 0 Å². The van der Waals surface area contributed by atoms with Crippen molar-refractivity contribution in [3.63, 3.8) is 0 Å². The lowest BCUT2D eigenvalue weighted by molar-refractivity contribution is -0.253. The smallest absolute Gasteiger partial charge is 0.307 e. The molecule has 1 aromatic heterocycles. The lowest BCUT2D eigenvalue weighted by Gasteiger charge is -2.71. The number of tetrazole rings is 1. The molecule has 0 spiro atoms. The van der Waals surface area contributed by atoms with Crippen LogP contribution in [0.4, 0.5) is 5.95 Å². The summed E-state index contributed by atoms with van der Waals surface area (Å²) in [4.78, 5) is 15.1. The molecule has 1 aliphatic heterocycles. The number of rotatable bonds is 8. The lowest BCUT2D eigenvalue weighted by Crippen LogP contribution is -2.69. The van der Waals surface area contributed by atoms with Crippen LogP contribution in [0.5, 0.6) is 0 Å². The summed E-state index contributed by atoms with van der Waals surface area (Å²) in [5.41, 5.74) is 12.5. The molecule has 1 saturated heterocycles. The summed E-state index contributed by atoms with van der Waals surface area (Å²) in [5, 5.41) is 24.1. The summed E-state index contributed by atoms with van der Waals surface area (Å²) in [6.45, 7) is 24.1. The number of allylic oxidation sites excluding steroid dienone is 1. The number of nitrogen functional groups attached to an aromatic ring is 1. The number of aliphatic carboxylic acids is 1. The van der Waals surface area contributed by atoms with E-state index < -0.39 is 17.4 Å². The van der Waals surface area contributed by atoms with Crippen LogP contribution >= 0.6 is 0 Å². The van der Waals surface area contributed by atoms with Crippen LogP contribution in [0.25, 0.3) is 0 Å². The zero-order valence-corrected chi connectivity index (χ0v) is 30.7. The SMILES string of the molecule is CC(C)[C@@H](C)[C@@]1(C)CC[C@]2(C)[C@H]3CC[C@@H]4[C@@]5(COC[C@@]4(C)[C@@H](OC[C@](C)(N)C(C)C)[C@H](n4nnc(N)n4)C5)C3=CC[C@@]2(C)[C@@H]1C(=O)O. The molecule has 1 aromatic rings. The van der Waals surface area contributed by atoms with Crippen LogP contribution in [0, 0.1) is 62.6 Å². The first kappa shape index (κ1) is 34.8. The van der Waals surface area contributed by atoms with E-state index in [9.17, 15) is 9.90 Å². The van der Waals surface area contributed by atoms with Gasteiger partial charge in [-0.15, -0.1) is 5.10 Å². The molecule has 0 amide bonds. The van der Waals surface area contributed by atoms with Gasteiger partial charge in [0.05, 0.1) is 31.8 Å². The van der Waals surface area contributed by atoms with E-state index in [4.69, 9.17) is 20.9 Å². The first-order valence-corrected chi connectivity index (χ1v) is 18.2. The van der Waals surface area contributed by atoms with Gasteiger partial charge in [-0.25, -0.2) is 0 Å². The molecule has 10 heteroatoms. The Labute approximate surface area is 282 Å². The zero-order valence-electron chi connectivity index (χ0n) is 30.7. The number of carboxylic acid groups (broad SMARTS) is 1. The summed E-state index contributed by atoms with van der Waals surface area (Å²) >= 11 is 0. The van der Waals surface area contributed by atoms with Gasteiger partial charge >= 0.3 is 5.97 Å². The van der Waals surface area contributed by atoms with E-state index in [1.165, 1.54) is 5.57 Å². The Morgan fingerprint density at radius 1 is 1.13 bits per heavy atom. The molecule has 5 N–H and O–H groups in total. The standard InChI is InChI=1S/C37H62N6O4/c1-21(2)23(5)32(6)15-16-34(8)24-11-12-27-33(7)18-46-20-37(27,25(24)13-14-35(34,9)28(32)30(44)45)17-26(43-41-31(38)40-42-43)29(33)47-19-36(10,39)22(3)4/h13,21-24,26-29H,11-12,14-20,39H2,1-10H3,(H2,38,41)(H,44,45)/t23-,24+,26-,27+,28-,29+,32-,33-,34-,35+,36+,37+/m1/s1. The Balaban J connectivity index is 1.44. The molecule has 0 radical (unpaired) electrons. The molecule has 2 heterocycles. The fraction of sp³-hybridized carbons (Fsp3) is 0.892. The average molecular weight is 655 g/mol. The van der Waals surface area contributed by atoms with Crippen molar-refractivity contribution >= 4 is 11.9 Å². The molecule has 3 saturated carbocycles. The number of fused-ring (bicyclic) bond motifs is 3. The molecule has 0 unspecified atom stereocenters. The van der Waals surface area contributed by atoms with Crippen molar-refractivity contribution in [1.29, 1.82) is 0 Å². The molecular formula is C37H62N6O4. The van der Waals surface area contributed by atoms with Crippen molar-refractivity contribution in [2.75, 3.05) is 25.6 Å². The number of anilines is 1. The Morgan fingerprint density at radius 3 is 2.43 bits per heavy atom. The van der Waals surface area contributed by atoms with Crippen LogP contribution in [0.2, 0.25) is 0 Å². The second-order valence-corrected chi connectivity index (χ2v) is 18.5. The van der Waals surface area contributed by atoms with E-state index >= 15 is 0 Å². The molecule has 6 rings (SSSR count). The van der Waals surface area contributed by atoms with Crippen molar-refractivity contribution in [3.05, 3.63) is 11.6 Å². The third kappa shape index (κ3) is 4.80. The van der Waals surface area contributed by atoms with Crippen LogP contribution in [-0.2, 0) is 14.3 Å². The Bertz CT molecular complexity index is 1410. The van der Waals surface area contributed by atoms with Gasteiger partial charge in [0, 0.05) is 16.4 Å². The number of carbonyl (C=O) groups is 1. The van der Waals surface area contributed by atoms with Crippen LogP contribution < -0.4 is 11.5 Å². The van der Waals surface area contributed by atoms with Crippen LogP contribution in [-0.4, -0.2) is 62.7 Å². The monoisotopic (exact) mass is 654 g/mol. The van der Waals surface area contributed by atoms with E-state index in [0.29, 0.717) is 37.6 Å². The maximum atomic E-state index is 13.4. The van der Waals surface area contributed by atoms with Crippen LogP contribution in [0.3, 0.4) is 0 Å². The highest BCUT2D eigenvalue weighted by atomic mass is 16.5. The largest absolute Gasteiger partial charge is 0.481 e. The normalized spacial score (nSPS) is 45.0. The van der Waals surface area contributed by atoms with Gasteiger partial charge in [-0.1, -0.05) is 79.1 Å². The maximum Gasteiger partial charge on any atom is 0.307 e. The van der Waals surface area contributed by atoms with Crippen LogP contribution in [0.1, 0.15) is 114 Å². The van der Waals surface area contributed by atoms with Crippen molar-refractivity contribution in [1.82, 2.24) is 20.2 Å². The molecule has 4 fully saturated rings. The van der Waals surface area contributed by atoms with E-state index in [1.54, 1.807) is 4.80 Å². The van der Waals surface area contributed by atoms with Crippen molar-refractivity contribution < 1.29 is 19.4 Å². The number of carboxylic acids is 1. The molecule has 264 valence electrons. The summed E-state index contributed by atoms with van der Waals surface area (Å²) < 4.78 is 13.6. The van der Waals surface area contributed by atoms with Gasteiger partial charge in [0.2, 0.25) is 0 Å². The predicted molar refractivity (Wildman–Crippen MR) is 182 cm³/mol. The number of nitrogens with zero attached hydrogens (tertiary/aromatic N) is 4. The summed E-state index contributed by atoms with van der Waals surface area (Å²) in [5.74, 6) is 0.697. The highest BCUT2D eigenvalue weighted by Gasteiger charge is 2.72. The molecule has 2 bridgehead atoms. The Kier molecular flexibility index (Phi) is 8.32. The van der Waals surface area contributed by atoms with Crippen molar-refractivity contribution in [2.45, 2.75) is 125 Å². The number of nitrogens with two attached hydrogens (primary N) is 2. The van der Waals surface area contributed by atoms with Gasteiger partial charge in [0.25, 0.3) is 5.95 Å². The molecule has 10 nitrogen and oxygen atoms in total. The zero-order chi connectivity index (χ0) is 34.5. The maximum absolute atomic E-state index is 13.4. The van der Waals surface area contributed by atoms with Crippen molar-refractivity contribution in [2.24, 2.45) is 68.3 Å². The minimum Gasteiger partial charge on any atom is -0.481 e. The third-order valence-corrected chi connectivity index (χ3v) is 15.7. The second-order valence-electron chi connectivity index (χ2n) is 18.5. The number of aromatic nitrogens is 4. The predicted octanol–water partition coefficient (Wildman–Crippen LogP) is 6.14. The minimum absolute atomic E-state index is 0.151. The molecule has 4 aliphatic carbocycles. The first-order valence-electron chi connectivity index (χ1n) is 18.2. The number of hydrogen-bond donors (Lipinski definition) is 3. The minimum atomic E-state index is -0.633. The topological polar surface area (TPSA) is 151 Å². The summed E-state index contributed by atoms with van der Waals surface area (Å²) in [6.07, 6.45) is 7.83. The number of ether oxygens (including phenoxy) is 2.